The monoisotopic (exact) mass is 211 g/mol. The quantitative estimate of drug-likeness (QED) is 0.737. The number of nitrogens with one attached hydrogen (secondary N) is 1. The molecule has 16 heavy (non-hydrogen) atoms. The van der Waals surface area contributed by atoms with Gasteiger partial charge in [-0.2, -0.15) is 0 Å². The normalized spacial score (nSPS) is 16.2. The third-order valence-electron chi connectivity index (χ3n) is 2.52. The van der Waals surface area contributed by atoms with Crippen LogP contribution in [0.4, 0.5) is 5.69 Å². The number of anilines is 1. The van der Waals surface area contributed by atoms with Gasteiger partial charge in [0.15, 0.2) is 0 Å². The zero-order valence-corrected chi connectivity index (χ0v) is 8.44. The topological polar surface area (TPSA) is 42.2 Å². The molecule has 0 aliphatic carbocycles. The van der Waals surface area contributed by atoms with E-state index < -0.39 is 0 Å². The summed E-state index contributed by atoms with van der Waals surface area (Å²) in [6, 6.07) is 11.1. The second-order valence-electron chi connectivity index (χ2n) is 3.57. The number of para-hydroxylation sites is 1. The van der Waals surface area contributed by atoms with E-state index in [9.17, 15) is 4.79 Å². The summed E-state index contributed by atoms with van der Waals surface area (Å²) in [5.41, 5.74) is 2.11. The summed E-state index contributed by atoms with van der Waals surface area (Å²) in [6.45, 7) is 0. The van der Waals surface area contributed by atoms with Crippen molar-refractivity contribution in [1.82, 2.24) is 0 Å². The van der Waals surface area contributed by atoms with Gasteiger partial charge in [-0.05, 0) is 24.3 Å². The van der Waals surface area contributed by atoms with Crippen molar-refractivity contribution < 1.29 is 9.21 Å². The Hall–Kier alpha value is -2.29. The summed E-state index contributed by atoms with van der Waals surface area (Å²) in [6.07, 6.45) is 3.29. The van der Waals surface area contributed by atoms with Gasteiger partial charge in [-0.3, -0.25) is 4.79 Å². The Bertz CT molecular complexity index is 567. The molecule has 3 heteroatoms. The number of carbonyl (C=O) groups excluding carboxylic acids is 1. The summed E-state index contributed by atoms with van der Waals surface area (Å²) in [5.74, 6) is 0.677. The molecule has 2 heterocycles. The smallest absolute Gasteiger partial charge is 0.211 e. The first-order valence-electron chi connectivity index (χ1n) is 5.00. The zero-order valence-electron chi connectivity index (χ0n) is 8.44. The number of allylic oxidation sites excluding steroid dienone is 1. The first-order valence-corrected chi connectivity index (χ1v) is 5.00. The Kier molecular flexibility index (Phi) is 1.90. The molecule has 3 rings (SSSR count). The molecular formula is C13H9NO2. The van der Waals surface area contributed by atoms with Crippen LogP contribution < -0.4 is 5.32 Å². The standard InChI is InChI=1S/C13H9NO2/c15-13-10-5-1-2-6-11(10)14-12(13)8-9-4-3-7-16-9/h1-8,14H/b12-8+. The van der Waals surface area contributed by atoms with Crippen molar-refractivity contribution in [3.63, 3.8) is 0 Å². The van der Waals surface area contributed by atoms with Gasteiger partial charge in [0.1, 0.15) is 5.76 Å². The van der Waals surface area contributed by atoms with Crippen LogP contribution in [0.3, 0.4) is 0 Å². The Morgan fingerprint density at radius 3 is 2.75 bits per heavy atom. The summed E-state index contributed by atoms with van der Waals surface area (Å²) in [4.78, 5) is 12.0. The highest BCUT2D eigenvalue weighted by Gasteiger charge is 2.23. The van der Waals surface area contributed by atoms with Crippen molar-refractivity contribution in [3.05, 3.63) is 59.7 Å². The largest absolute Gasteiger partial charge is 0.465 e. The second kappa shape index (κ2) is 3.38. The Morgan fingerprint density at radius 2 is 2.00 bits per heavy atom. The molecule has 1 aliphatic rings. The average Bonchev–Trinajstić information content (AvgIpc) is 2.90. The molecule has 2 aromatic rings. The van der Waals surface area contributed by atoms with Crippen LogP contribution in [0.2, 0.25) is 0 Å². The predicted molar refractivity (Wildman–Crippen MR) is 61.1 cm³/mol. The molecule has 1 aromatic heterocycles. The molecule has 0 fully saturated rings. The van der Waals surface area contributed by atoms with Gasteiger partial charge in [-0.15, -0.1) is 0 Å². The third kappa shape index (κ3) is 1.34. The van der Waals surface area contributed by atoms with Gasteiger partial charge in [0.2, 0.25) is 5.78 Å². The van der Waals surface area contributed by atoms with E-state index in [2.05, 4.69) is 5.32 Å². The summed E-state index contributed by atoms with van der Waals surface area (Å²) >= 11 is 0. The van der Waals surface area contributed by atoms with Gasteiger partial charge in [0, 0.05) is 17.3 Å². The first kappa shape index (κ1) is 8.97. The first-order chi connectivity index (χ1) is 7.84. The molecule has 0 saturated heterocycles. The number of Topliss-reactive ketones (excluding diaryl/α,β-unsaturated/α-hetero) is 1. The molecule has 0 amide bonds. The fourth-order valence-electron chi connectivity index (χ4n) is 1.75. The van der Waals surface area contributed by atoms with Gasteiger partial charge in [0.25, 0.3) is 0 Å². The molecule has 3 nitrogen and oxygen atoms in total. The molecule has 0 atom stereocenters. The van der Waals surface area contributed by atoms with E-state index >= 15 is 0 Å². The third-order valence-corrected chi connectivity index (χ3v) is 2.52. The Balaban J connectivity index is 2.02. The van der Waals surface area contributed by atoms with Gasteiger partial charge in [-0.25, -0.2) is 0 Å². The van der Waals surface area contributed by atoms with Crippen LogP contribution >= 0.6 is 0 Å². The summed E-state index contributed by atoms with van der Waals surface area (Å²) in [7, 11) is 0. The number of ketones is 1. The van der Waals surface area contributed by atoms with Crippen molar-refractivity contribution in [2.45, 2.75) is 0 Å². The SMILES string of the molecule is O=C1/C(=C\c2ccco2)Nc2ccccc21. The lowest BCUT2D eigenvalue weighted by Gasteiger charge is -1.95. The molecule has 1 aliphatic heterocycles. The Labute approximate surface area is 92.4 Å². The highest BCUT2D eigenvalue weighted by atomic mass is 16.3. The lowest BCUT2D eigenvalue weighted by Crippen LogP contribution is -1.99. The van der Waals surface area contributed by atoms with Crippen LogP contribution in [0.15, 0.2) is 52.8 Å². The van der Waals surface area contributed by atoms with Gasteiger partial charge >= 0.3 is 0 Å². The number of furan rings is 1. The minimum Gasteiger partial charge on any atom is -0.465 e. The van der Waals surface area contributed by atoms with Crippen molar-refractivity contribution in [2.24, 2.45) is 0 Å². The van der Waals surface area contributed by atoms with E-state index in [0.29, 0.717) is 17.0 Å². The number of benzene rings is 1. The van der Waals surface area contributed by atoms with E-state index in [-0.39, 0.29) is 5.78 Å². The van der Waals surface area contributed by atoms with Crippen LogP contribution in [-0.4, -0.2) is 5.78 Å². The minimum absolute atomic E-state index is 0.00648. The molecule has 0 saturated carbocycles. The van der Waals surface area contributed by atoms with Crippen molar-refractivity contribution in [2.75, 3.05) is 5.32 Å². The van der Waals surface area contributed by atoms with Crippen molar-refractivity contribution in [1.29, 1.82) is 0 Å². The molecule has 0 spiro atoms. The maximum absolute atomic E-state index is 12.0. The molecule has 78 valence electrons. The van der Waals surface area contributed by atoms with Crippen LogP contribution in [-0.2, 0) is 0 Å². The molecule has 0 radical (unpaired) electrons. The number of fused-ring (bicyclic) bond motifs is 1. The lowest BCUT2D eigenvalue weighted by atomic mass is 10.1. The summed E-state index contributed by atoms with van der Waals surface area (Å²) in [5, 5.41) is 3.07. The summed E-state index contributed by atoms with van der Waals surface area (Å²) < 4.78 is 5.17. The highest BCUT2D eigenvalue weighted by Crippen LogP contribution is 2.28. The maximum atomic E-state index is 12.0. The molecule has 1 aromatic carbocycles. The molecule has 0 unspecified atom stereocenters. The molecule has 0 bridgehead atoms. The molecular weight excluding hydrogens is 202 g/mol. The fraction of sp³-hybridized carbons (Fsp3) is 0. The van der Waals surface area contributed by atoms with Crippen LogP contribution in [0, 0.1) is 0 Å². The van der Waals surface area contributed by atoms with Gasteiger partial charge in [-0.1, -0.05) is 12.1 Å². The van der Waals surface area contributed by atoms with E-state index in [1.54, 1.807) is 18.4 Å². The average molecular weight is 211 g/mol. The highest BCUT2D eigenvalue weighted by molar-refractivity contribution is 6.20. The van der Waals surface area contributed by atoms with Crippen molar-refractivity contribution in [3.8, 4) is 0 Å². The fourth-order valence-corrected chi connectivity index (χ4v) is 1.75. The van der Waals surface area contributed by atoms with E-state index in [1.165, 1.54) is 0 Å². The van der Waals surface area contributed by atoms with Crippen LogP contribution in [0.5, 0.6) is 0 Å². The van der Waals surface area contributed by atoms with Gasteiger partial charge < -0.3 is 9.73 Å². The minimum atomic E-state index is 0.00648. The number of carbonyl (C=O) groups is 1. The van der Waals surface area contributed by atoms with E-state index in [0.717, 1.165) is 5.69 Å². The van der Waals surface area contributed by atoms with Gasteiger partial charge in [0.05, 0.1) is 12.0 Å². The maximum Gasteiger partial charge on any atom is 0.211 e. The number of hydrogen-bond donors (Lipinski definition) is 1. The van der Waals surface area contributed by atoms with Crippen LogP contribution in [0.1, 0.15) is 16.1 Å². The van der Waals surface area contributed by atoms with E-state index in [4.69, 9.17) is 4.42 Å². The second-order valence-corrected chi connectivity index (χ2v) is 3.57. The van der Waals surface area contributed by atoms with Crippen molar-refractivity contribution >= 4 is 17.5 Å². The zero-order chi connectivity index (χ0) is 11.0. The van der Waals surface area contributed by atoms with Crippen LogP contribution in [0.25, 0.3) is 6.08 Å². The molecule has 1 N–H and O–H groups in total. The lowest BCUT2D eigenvalue weighted by molar-refractivity contribution is 0.104. The number of rotatable bonds is 1. The number of hydrogen-bond acceptors (Lipinski definition) is 3. The predicted octanol–water partition coefficient (Wildman–Crippen LogP) is 2.93. The Morgan fingerprint density at radius 1 is 1.12 bits per heavy atom. The van der Waals surface area contributed by atoms with E-state index in [1.807, 2.05) is 30.3 Å².